The molecule has 1 N–H and O–H groups in total. The summed E-state index contributed by atoms with van der Waals surface area (Å²) >= 11 is 0. The highest BCUT2D eigenvalue weighted by molar-refractivity contribution is 6.04. The zero-order valence-corrected chi connectivity index (χ0v) is 21.8. The number of carbonyl (C=O) groups excluding carboxylic acids is 1. The number of benzene rings is 2. The van der Waals surface area contributed by atoms with Gasteiger partial charge in [-0.3, -0.25) is 4.79 Å². The minimum Gasteiger partial charge on any atom is -0.496 e. The van der Waals surface area contributed by atoms with E-state index in [-0.39, 0.29) is 17.6 Å². The van der Waals surface area contributed by atoms with Crippen molar-refractivity contribution in [2.75, 3.05) is 45.3 Å². The molecule has 0 saturated carbocycles. The highest BCUT2D eigenvalue weighted by Crippen LogP contribution is 2.39. The van der Waals surface area contributed by atoms with E-state index in [1.165, 1.54) is 13.2 Å². The number of carbonyl (C=O) groups is 1. The van der Waals surface area contributed by atoms with Gasteiger partial charge in [-0.05, 0) is 35.2 Å². The molecule has 0 aliphatic carbocycles. The highest BCUT2D eigenvalue weighted by atomic mass is 19.1. The van der Waals surface area contributed by atoms with Crippen molar-refractivity contribution in [1.82, 2.24) is 14.9 Å². The van der Waals surface area contributed by atoms with Crippen LogP contribution in [0.5, 0.6) is 11.5 Å². The standard InChI is InChI=1S/C29H30F2N4O3/c1-17(2)20-14-21(19-7-5-6-8-24(19)37-3)22-15-23(33-27(22)26(20)31)29(36)35-11-9-34(10-12-35)28-25(38-4)13-18(30)16-32-28/h5-8,13-17,33H,9-12H2,1-4H3. The first-order chi connectivity index (χ1) is 18.3. The minimum atomic E-state index is -0.474. The molecule has 3 heterocycles. The fraction of sp³-hybridized carbons (Fsp3) is 0.310. The van der Waals surface area contributed by atoms with Crippen molar-refractivity contribution in [2.45, 2.75) is 19.8 Å². The lowest BCUT2D eigenvalue weighted by molar-refractivity contribution is 0.0741. The predicted octanol–water partition coefficient (Wildman–Crippen LogP) is 5.61. The number of para-hydroxylation sites is 1. The smallest absolute Gasteiger partial charge is 0.270 e. The largest absolute Gasteiger partial charge is 0.496 e. The first kappa shape index (κ1) is 25.5. The summed E-state index contributed by atoms with van der Waals surface area (Å²) in [4.78, 5) is 24.5. The molecule has 38 heavy (non-hydrogen) atoms. The molecule has 1 aliphatic rings. The number of halogens is 2. The average Bonchev–Trinajstić information content (AvgIpc) is 3.39. The van der Waals surface area contributed by atoms with Crippen LogP contribution in [0, 0.1) is 11.6 Å². The Kier molecular flexibility index (Phi) is 6.93. The third kappa shape index (κ3) is 4.53. The van der Waals surface area contributed by atoms with Crippen molar-refractivity contribution in [2.24, 2.45) is 0 Å². The van der Waals surface area contributed by atoms with Gasteiger partial charge in [-0.1, -0.05) is 32.0 Å². The van der Waals surface area contributed by atoms with Crippen LogP contribution >= 0.6 is 0 Å². The SMILES string of the molecule is COc1ccccc1-c1cc(C(C)C)c(F)c2[nH]c(C(=O)N3CCN(c4ncc(F)cc4OC)CC3)cc12. The van der Waals surface area contributed by atoms with Crippen LogP contribution in [0.15, 0.2) is 48.7 Å². The molecule has 0 spiro atoms. The molecule has 0 unspecified atom stereocenters. The van der Waals surface area contributed by atoms with Crippen molar-refractivity contribution in [1.29, 1.82) is 0 Å². The molecule has 1 amide bonds. The van der Waals surface area contributed by atoms with Crippen LogP contribution in [0.3, 0.4) is 0 Å². The number of H-pyrrole nitrogens is 1. The Labute approximate surface area is 220 Å². The maximum Gasteiger partial charge on any atom is 0.270 e. The molecule has 5 rings (SSSR count). The third-order valence-electron chi connectivity index (χ3n) is 7.02. The number of ether oxygens (including phenoxy) is 2. The molecule has 4 aromatic rings. The summed E-state index contributed by atoms with van der Waals surface area (Å²) in [5, 5.41) is 0.624. The van der Waals surface area contributed by atoms with Crippen molar-refractivity contribution >= 4 is 22.6 Å². The summed E-state index contributed by atoms with van der Waals surface area (Å²) in [6, 6.07) is 12.5. The molecule has 0 bridgehead atoms. The van der Waals surface area contributed by atoms with E-state index in [4.69, 9.17) is 9.47 Å². The van der Waals surface area contributed by atoms with E-state index < -0.39 is 5.82 Å². The number of rotatable bonds is 6. The predicted molar refractivity (Wildman–Crippen MR) is 143 cm³/mol. The van der Waals surface area contributed by atoms with E-state index in [1.807, 2.05) is 49.1 Å². The number of hydrogen-bond acceptors (Lipinski definition) is 5. The number of aromatic amines is 1. The van der Waals surface area contributed by atoms with Gasteiger partial charge in [0.1, 0.15) is 17.3 Å². The maximum absolute atomic E-state index is 15.6. The number of hydrogen-bond donors (Lipinski definition) is 1. The highest BCUT2D eigenvalue weighted by Gasteiger charge is 2.27. The molecular weight excluding hydrogens is 490 g/mol. The van der Waals surface area contributed by atoms with Crippen molar-refractivity contribution < 1.29 is 23.0 Å². The van der Waals surface area contributed by atoms with Gasteiger partial charge in [-0.2, -0.15) is 0 Å². The summed E-state index contributed by atoms with van der Waals surface area (Å²) in [5.74, 6) is 0.463. The molecule has 2 aromatic carbocycles. The molecule has 0 atom stereocenters. The Morgan fingerprint density at radius 2 is 1.68 bits per heavy atom. The van der Waals surface area contributed by atoms with Crippen molar-refractivity contribution in [3.05, 3.63) is 71.6 Å². The zero-order chi connectivity index (χ0) is 27.0. The number of piperazine rings is 1. The molecule has 2 aromatic heterocycles. The molecule has 1 aliphatic heterocycles. The molecule has 198 valence electrons. The quantitative estimate of drug-likeness (QED) is 0.358. The van der Waals surface area contributed by atoms with Gasteiger partial charge < -0.3 is 24.3 Å². The number of methoxy groups -OCH3 is 2. The normalized spacial score (nSPS) is 13.9. The van der Waals surface area contributed by atoms with Crippen LogP contribution in [0.25, 0.3) is 22.0 Å². The monoisotopic (exact) mass is 520 g/mol. The number of aromatic nitrogens is 2. The lowest BCUT2D eigenvalue weighted by atomic mass is 9.93. The van der Waals surface area contributed by atoms with Gasteiger partial charge in [0.15, 0.2) is 17.4 Å². The number of fused-ring (bicyclic) bond motifs is 1. The maximum atomic E-state index is 15.6. The topological polar surface area (TPSA) is 70.7 Å². The lowest BCUT2D eigenvalue weighted by Crippen LogP contribution is -2.49. The van der Waals surface area contributed by atoms with E-state index in [1.54, 1.807) is 18.1 Å². The van der Waals surface area contributed by atoms with Crippen LogP contribution < -0.4 is 14.4 Å². The lowest BCUT2D eigenvalue weighted by Gasteiger charge is -2.35. The number of nitrogens with one attached hydrogen (secondary N) is 1. The van der Waals surface area contributed by atoms with E-state index in [9.17, 15) is 9.18 Å². The first-order valence-corrected chi connectivity index (χ1v) is 12.5. The third-order valence-corrected chi connectivity index (χ3v) is 7.02. The molecule has 1 fully saturated rings. The number of anilines is 1. The summed E-state index contributed by atoms with van der Waals surface area (Å²) < 4.78 is 40.1. The summed E-state index contributed by atoms with van der Waals surface area (Å²) in [5.41, 5.74) is 2.82. The molecule has 0 radical (unpaired) electrons. The van der Waals surface area contributed by atoms with E-state index in [0.717, 1.165) is 17.3 Å². The molecule has 9 heteroatoms. The molecular formula is C29H30F2N4O3. The number of nitrogens with zero attached hydrogens (tertiary/aromatic N) is 3. The van der Waals surface area contributed by atoms with Gasteiger partial charge in [0.2, 0.25) is 0 Å². The van der Waals surface area contributed by atoms with E-state index >= 15 is 4.39 Å². The van der Waals surface area contributed by atoms with Crippen LogP contribution in [0.4, 0.5) is 14.6 Å². The van der Waals surface area contributed by atoms with Gasteiger partial charge in [0.05, 0.1) is 25.9 Å². The van der Waals surface area contributed by atoms with Crippen LogP contribution in [0.2, 0.25) is 0 Å². The zero-order valence-electron chi connectivity index (χ0n) is 21.8. The van der Waals surface area contributed by atoms with Crippen molar-refractivity contribution in [3.8, 4) is 22.6 Å². The van der Waals surface area contributed by atoms with E-state index in [0.29, 0.717) is 65.7 Å². The van der Waals surface area contributed by atoms with Crippen molar-refractivity contribution in [3.63, 3.8) is 0 Å². The number of amides is 1. The second-order valence-corrected chi connectivity index (χ2v) is 9.61. The van der Waals surface area contributed by atoms with Crippen LogP contribution in [0.1, 0.15) is 35.8 Å². The van der Waals surface area contributed by atoms with Gasteiger partial charge >= 0.3 is 0 Å². The van der Waals surface area contributed by atoms with Gasteiger partial charge in [-0.25, -0.2) is 13.8 Å². The molecule has 1 saturated heterocycles. The second kappa shape index (κ2) is 10.3. The van der Waals surface area contributed by atoms with Gasteiger partial charge in [-0.15, -0.1) is 0 Å². The van der Waals surface area contributed by atoms with Crippen LogP contribution in [-0.4, -0.2) is 61.2 Å². The summed E-state index contributed by atoms with van der Waals surface area (Å²) in [6.45, 7) is 5.73. The average molecular weight is 521 g/mol. The van der Waals surface area contributed by atoms with E-state index in [2.05, 4.69) is 9.97 Å². The Bertz CT molecular complexity index is 1490. The summed E-state index contributed by atoms with van der Waals surface area (Å²) in [7, 11) is 3.07. The second-order valence-electron chi connectivity index (χ2n) is 9.61. The fourth-order valence-electron chi connectivity index (χ4n) is 5.00. The first-order valence-electron chi connectivity index (χ1n) is 12.5. The molecule has 7 nitrogen and oxygen atoms in total. The Morgan fingerprint density at radius 1 is 0.974 bits per heavy atom. The number of pyridine rings is 1. The van der Waals surface area contributed by atoms with Gasteiger partial charge in [0, 0.05) is 43.2 Å². The fourth-order valence-corrected chi connectivity index (χ4v) is 5.00. The Hall–Kier alpha value is -4.14. The minimum absolute atomic E-state index is 0.0551. The van der Waals surface area contributed by atoms with Crippen LogP contribution in [-0.2, 0) is 0 Å². The Morgan fingerprint density at radius 3 is 2.37 bits per heavy atom. The summed E-state index contributed by atoms with van der Waals surface area (Å²) in [6.07, 6.45) is 1.15. The Balaban J connectivity index is 1.47. The van der Waals surface area contributed by atoms with Gasteiger partial charge in [0.25, 0.3) is 5.91 Å².